The molecule has 0 aliphatic carbocycles. The molecule has 0 fully saturated rings. The van der Waals surface area contributed by atoms with E-state index in [0.29, 0.717) is 11.3 Å². The summed E-state index contributed by atoms with van der Waals surface area (Å²) < 4.78 is 36.9. The number of hydrogen-bond acceptors (Lipinski definition) is 5. The van der Waals surface area contributed by atoms with Crippen molar-refractivity contribution in [3.05, 3.63) is 114 Å². The summed E-state index contributed by atoms with van der Waals surface area (Å²) >= 11 is 0. The molecule has 2 amide bonds. The fourth-order valence-electron chi connectivity index (χ4n) is 4.91. The minimum absolute atomic E-state index is 0.0571. The molecule has 1 aromatic heterocycles. The molecule has 1 atom stereocenters. The van der Waals surface area contributed by atoms with Gasteiger partial charge in [0.25, 0.3) is 21.3 Å². The first-order chi connectivity index (χ1) is 21.2. The highest BCUT2D eigenvalue weighted by Crippen LogP contribution is 2.60. The van der Waals surface area contributed by atoms with E-state index in [4.69, 9.17) is 8.97 Å². The molecule has 10 heteroatoms. The van der Waals surface area contributed by atoms with Crippen molar-refractivity contribution in [2.24, 2.45) is 0 Å². The number of carbonyl (C=O) groups excluding carboxylic acids is 2. The molecule has 45 heavy (non-hydrogen) atoms. The van der Waals surface area contributed by atoms with Crippen LogP contribution >= 0.6 is 10.0 Å². The Labute approximate surface area is 264 Å². The van der Waals surface area contributed by atoms with Crippen LogP contribution in [0.15, 0.2) is 117 Å². The maximum Gasteiger partial charge on any atom is 0.273 e. The zero-order valence-electron chi connectivity index (χ0n) is 25.5. The van der Waals surface area contributed by atoms with Gasteiger partial charge in [0, 0.05) is 38.5 Å². The predicted molar refractivity (Wildman–Crippen MR) is 181 cm³/mol. The number of hydrogen-bond donors (Lipinski definition) is 3. The molecule has 0 aliphatic rings. The van der Waals surface area contributed by atoms with E-state index in [9.17, 15) is 18.0 Å². The summed E-state index contributed by atoms with van der Waals surface area (Å²) in [5.41, 5.74) is 3.73. The topological polar surface area (TPSA) is 126 Å². The van der Waals surface area contributed by atoms with Crippen LogP contribution in [0.1, 0.15) is 36.7 Å². The zero-order chi connectivity index (χ0) is 32.4. The first kappa shape index (κ1) is 32.0. The second kappa shape index (κ2) is 12.5. The lowest BCUT2D eigenvalue weighted by Gasteiger charge is -2.35. The standard InChI is InChI=1S/C35H36N2O6S2/c1-35(2,3)27-13-19-30(20-14-27)44(4,29-17-11-25(12-18-29)33(38)36-21-22-45(40,41)42)34(39)37-28-15-9-24(10-16-28)32-23-26-7-5-6-8-31(26)43-32/h5-20,23H,21-22H2,1-4H3,(H,36,38)(H,37,39)(H,40,41,42). The Balaban J connectivity index is 1.42. The smallest absolute Gasteiger partial charge is 0.273 e. The summed E-state index contributed by atoms with van der Waals surface area (Å²) in [5, 5.41) is 6.45. The van der Waals surface area contributed by atoms with Gasteiger partial charge >= 0.3 is 0 Å². The van der Waals surface area contributed by atoms with Crippen LogP contribution in [0, 0.1) is 0 Å². The third-order valence-corrected chi connectivity index (χ3v) is 11.6. The molecule has 0 saturated heterocycles. The van der Waals surface area contributed by atoms with Crippen molar-refractivity contribution in [2.45, 2.75) is 36.0 Å². The van der Waals surface area contributed by atoms with E-state index in [2.05, 4.69) is 31.4 Å². The Morgan fingerprint density at radius 2 is 1.42 bits per heavy atom. The van der Waals surface area contributed by atoms with Gasteiger partial charge in [-0.1, -0.05) is 51.1 Å². The third kappa shape index (κ3) is 7.30. The number of carbonyl (C=O) groups is 2. The number of rotatable bonds is 8. The van der Waals surface area contributed by atoms with Crippen molar-refractivity contribution >= 4 is 47.9 Å². The van der Waals surface area contributed by atoms with E-state index in [0.717, 1.165) is 37.6 Å². The van der Waals surface area contributed by atoms with Crippen molar-refractivity contribution in [3.8, 4) is 11.3 Å². The van der Waals surface area contributed by atoms with Gasteiger partial charge in [0.15, 0.2) is 0 Å². The average molecular weight is 645 g/mol. The zero-order valence-corrected chi connectivity index (χ0v) is 27.2. The number of para-hydroxylation sites is 1. The quantitative estimate of drug-likeness (QED) is 0.147. The summed E-state index contributed by atoms with van der Waals surface area (Å²) in [6.45, 7) is 6.18. The maximum atomic E-state index is 14.2. The molecule has 234 valence electrons. The van der Waals surface area contributed by atoms with Gasteiger partial charge in [-0.15, -0.1) is 10.0 Å². The van der Waals surface area contributed by atoms with Crippen LogP contribution < -0.4 is 10.6 Å². The number of benzene rings is 4. The summed E-state index contributed by atoms with van der Waals surface area (Å²) in [7, 11) is -6.50. The molecule has 5 rings (SSSR count). The van der Waals surface area contributed by atoms with Gasteiger partial charge in [-0.05, 0) is 90.0 Å². The summed E-state index contributed by atoms with van der Waals surface area (Å²) in [4.78, 5) is 28.4. The Bertz CT molecular complexity index is 1910. The van der Waals surface area contributed by atoms with Gasteiger partial charge in [0.05, 0.1) is 5.75 Å². The van der Waals surface area contributed by atoms with Crippen LogP contribution in [0.4, 0.5) is 10.5 Å². The fourth-order valence-corrected chi connectivity index (χ4v) is 7.66. The normalized spacial score (nSPS) is 14.0. The molecule has 0 spiro atoms. The van der Waals surface area contributed by atoms with Crippen molar-refractivity contribution in [1.82, 2.24) is 5.32 Å². The van der Waals surface area contributed by atoms with Gasteiger partial charge in [0.2, 0.25) is 0 Å². The van der Waals surface area contributed by atoms with Crippen LogP contribution in [-0.2, 0) is 15.5 Å². The Morgan fingerprint density at radius 1 is 0.822 bits per heavy atom. The molecule has 1 unspecified atom stereocenters. The Morgan fingerprint density at radius 3 is 2.00 bits per heavy atom. The molecule has 3 N–H and O–H groups in total. The molecule has 0 saturated carbocycles. The lowest BCUT2D eigenvalue weighted by molar-refractivity contribution is 0.0956. The number of furan rings is 1. The molecule has 0 radical (unpaired) electrons. The largest absolute Gasteiger partial charge is 0.456 e. The molecule has 0 bridgehead atoms. The second-order valence-electron chi connectivity index (χ2n) is 11.9. The maximum absolute atomic E-state index is 14.2. The number of anilines is 1. The van der Waals surface area contributed by atoms with Gasteiger partial charge in [-0.3, -0.25) is 14.1 Å². The van der Waals surface area contributed by atoms with Crippen LogP contribution in [-0.4, -0.2) is 42.7 Å². The first-order valence-corrected chi connectivity index (χ1v) is 18.0. The lowest BCUT2D eigenvalue weighted by Crippen LogP contribution is -2.28. The van der Waals surface area contributed by atoms with Crippen LogP contribution in [0.25, 0.3) is 22.3 Å². The molecule has 1 heterocycles. The van der Waals surface area contributed by atoms with Crippen molar-refractivity contribution in [2.75, 3.05) is 23.9 Å². The van der Waals surface area contributed by atoms with Crippen LogP contribution in [0.2, 0.25) is 0 Å². The molecular formula is C35H36N2O6S2. The lowest BCUT2D eigenvalue weighted by atomic mass is 9.87. The third-order valence-electron chi connectivity index (χ3n) is 7.64. The Kier molecular flexibility index (Phi) is 8.93. The highest BCUT2D eigenvalue weighted by molar-refractivity contribution is 8.45. The Hall–Kier alpha value is -4.38. The van der Waals surface area contributed by atoms with Crippen LogP contribution in [0.3, 0.4) is 0 Å². The molecule has 5 aromatic rings. The molecule has 0 aliphatic heterocycles. The van der Waals surface area contributed by atoms with E-state index >= 15 is 0 Å². The number of amides is 2. The van der Waals surface area contributed by atoms with Gasteiger partial charge in [-0.2, -0.15) is 8.42 Å². The van der Waals surface area contributed by atoms with E-state index in [1.807, 2.05) is 85.1 Å². The van der Waals surface area contributed by atoms with Crippen molar-refractivity contribution in [3.63, 3.8) is 0 Å². The SMILES string of the molecule is CC(C)(C)c1ccc(S(C)(C(=O)Nc2ccc(-c3cc4ccccc4o3)cc2)c2ccc(C(=O)NCCS(=O)(=O)O)cc2)cc1. The average Bonchev–Trinajstić information content (AvgIpc) is 3.44. The van der Waals surface area contributed by atoms with E-state index in [-0.39, 0.29) is 17.2 Å². The molecule has 4 aromatic carbocycles. The van der Waals surface area contributed by atoms with Gasteiger partial charge < -0.3 is 15.1 Å². The van der Waals surface area contributed by atoms with E-state index in [1.165, 1.54) is 0 Å². The van der Waals surface area contributed by atoms with Crippen molar-refractivity contribution < 1.29 is 27.0 Å². The van der Waals surface area contributed by atoms with Gasteiger partial charge in [-0.25, -0.2) is 0 Å². The fraction of sp³-hybridized carbons (Fsp3) is 0.200. The minimum atomic E-state index is -4.19. The van der Waals surface area contributed by atoms with Crippen molar-refractivity contribution in [1.29, 1.82) is 0 Å². The monoisotopic (exact) mass is 644 g/mol. The van der Waals surface area contributed by atoms with Crippen LogP contribution in [0.5, 0.6) is 0 Å². The molecule has 8 nitrogen and oxygen atoms in total. The molecular weight excluding hydrogens is 609 g/mol. The van der Waals surface area contributed by atoms with Gasteiger partial charge in [0.1, 0.15) is 11.3 Å². The summed E-state index contributed by atoms with van der Waals surface area (Å²) in [6, 6.07) is 32.2. The first-order valence-electron chi connectivity index (χ1n) is 14.4. The number of nitrogens with one attached hydrogen (secondary N) is 2. The summed E-state index contributed by atoms with van der Waals surface area (Å²) in [6.07, 6.45) is 1.93. The van der Waals surface area contributed by atoms with E-state index < -0.39 is 31.8 Å². The highest BCUT2D eigenvalue weighted by atomic mass is 32.3. The number of fused-ring (bicyclic) bond motifs is 1. The minimum Gasteiger partial charge on any atom is -0.456 e. The summed E-state index contributed by atoms with van der Waals surface area (Å²) in [5.74, 6) is -0.320. The van der Waals surface area contributed by atoms with E-state index in [1.54, 1.807) is 24.3 Å². The highest BCUT2D eigenvalue weighted by Gasteiger charge is 2.32. The predicted octanol–water partition coefficient (Wildman–Crippen LogP) is 8.10. The second-order valence-corrected chi connectivity index (χ2v) is 16.6.